The van der Waals surface area contributed by atoms with E-state index in [-0.39, 0.29) is 18.0 Å². The van der Waals surface area contributed by atoms with E-state index >= 15 is 0 Å². The molecule has 2 heterocycles. The van der Waals surface area contributed by atoms with Gasteiger partial charge in [-0.25, -0.2) is 0 Å². The normalized spacial score (nSPS) is 26.1. The molecule has 2 aliphatic heterocycles. The van der Waals surface area contributed by atoms with E-state index < -0.39 is 0 Å². The van der Waals surface area contributed by atoms with Gasteiger partial charge in [-0.2, -0.15) is 0 Å². The summed E-state index contributed by atoms with van der Waals surface area (Å²) in [6.45, 7) is 6.90. The monoisotopic (exact) mass is 357 g/mol. The van der Waals surface area contributed by atoms with Gasteiger partial charge in [0.2, 0.25) is 5.91 Å². The fourth-order valence-corrected chi connectivity index (χ4v) is 4.71. The van der Waals surface area contributed by atoms with Crippen LogP contribution in [0.4, 0.5) is 0 Å². The highest BCUT2D eigenvalue weighted by Gasteiger charge is 2.31. The van der Waals surface area contributed by atoms with E-state index in [9.17, 15) is 4.79 Å². The number of rotatable bonds is 4. The maximum atomic E-state index is 12.9. The van der Waals surface area contributed by atoms with Crippen molar-refractivity contribution in [3.63, 3.8) is 0 Å². The molecule has 1 N–H and O–H groups in total. The molecule has 0 spiro atoms. The molecule has 5 nitrogen and oxygen atoms in total. The maximum absolute atomic E-state index is 12.9. The molecule has 2 atom stereocenters. The summed E-state index contributed by atoms with van der Waals surface area (Å²) in [6.07, 6.45) is 6.33. The minimum Gasteiger partial charge on any atom is -0.493 e. The first-order valence-electron chi connectivity index (χ1n) is 10.2. The maximum Gasteiger partial charge on any atom is 0.237 e. The summed E-state index contributed by atoms with van der Waals surface area (Å²) >= 11 is 0. The number of nitrogens with zero attached hydrogens (tertiary/aromatic N) is 2. The molecule has 2 unspecified atom stereocenters. The van der Waals surface area contributed by atoms with Gasteiger partial charge in [0.1, 0.15) is 5.75 Å². The van der Waals surface area contributed by atoms with Crippen LogP contribution in [-0.4, -0.2) is 60.6 Å². The largest absolute Gasteiger partial charge is 0.493 e. The Hall–Kier alpha value is -1.59. The second-order valence-corrected chi connectivity index (χ2v) is 7.92. The van der Waals surface area contributed by atoms with Gasteiger partial charge in [0.05, 0.1) is 18.7 Å². The summed E-state index contributed by atoms with van der Waals surface area (Å²) in [5.41, 5.74) is 1.10. The molecule has 3 aliphatic rings. The summed E-state index contributed by atoms with van der Waals surface area (Å²) in [6, 6.07) is 8.82. The quantitative estimate of drug-likeness (QED) is 0.900. The third-order valence-corrected chi connectivity index (χ3v) is 6.39. The molecule has 0 bridgehead atoms. The lowest BCUT2D eigenvalue weighted by Gasteiger charge is -2.40. The van der Waals surface area contributed by atoms with E-state index in [1.54, 1.807) is 0 Å². The predicted octanol–water partition coefficient (Wildman–Crippen LogP) is 2.58. The van der Waals surface area contributed by atoms with Crippen LogP contribution in [0.2, 0.25) is 0 Å². The zero-order valence-corrected chi connectivity index (χ0v) is 15.8. The number of nitrogens with one attached hydrogen (secondary N) is 1. The second-order valence-electron chi connectivity index (χ2n) is 7.92. The average Bonchev–Trinajstić information content (AvgIpc) is 3.23. The van der Waals surface area contributed by atoms with Crippen molar-refractivity contribution in [3.05, 3.63) is 29.8 Å². The Kier molecular flexibility index (Phi) is 5.46. The topological polar surface area (TPSA) is 44.8 Å². The Morgan fingerprint density at radius 2 is 1.85 bits per heavy atom. The van der Waals surface area contributed by atoms with Gasteiger partial charge in [0, 0.05) is 44.2 Å². The van der Waals surface area contributed by atoms with Crippen molar-refractivity contribution in [2.75, 3.05) is 32.8 Å². The molecular weight excluding hydrogens is 326 g/mol. The van der Waals surface area contributed by atoms with Gasteiger partial charge in [-0.15, -0.1) is 0 Å². The van der Waals surface area contributed by atoms with Crippen LogP contribution in [-0.2, 0) is 4.79 Å². The summed E-state index contributed by atoms with van der Waals surface area (Å²) in [4.78, 5) is 17.8. The minimum absolute atomic E-state index is 0.0645. The molecule has 0 radical (unpaired) electrons. The number of hydrogen-bond donors (Lipinski definition) is 1. The lowest BCUT2D eigenvalue weighted by atomic mass is 10.00. The Morgan fingerprint density at radius 3 is 2.62 bits per heavy atom. The molecule has 1 aromatic rings. The predicted molar refractivity (Wildman–Crippen MR) is 102 cm³/mol. The molecule has 1 amide bonds. The zero-order valence-electron chi connectivity index (χ0n) is 15.8. The number of carbonyl (C=O) groups excluding carboxylic acids is 1. The highest BCUT2D eigenvalue weighted by molar-refractivity contribution is 5.82. The summed E-state index contributed by atoms with van der Waals surface area (Å²) in [5, 5.41) is 3.26. The SMILES string of the molecule is CC(C(=O)NC1CCOc2ccccc21)N1CCN(C2CCCC2)CC1. The molecule has 26 heavy (non-hydrogen) atoms. The van der Waals surface area contributed by atoms with Crippen LogP contribution in [0, 0.1) is 0 Å². The van der Waals surface area contributed by atoms with Crippen LogP contribution in [0.5, 0.6) is 5.75 Å². The molecular formula is C21H31N3O2. The van der Waals surface area contributed by atoms with Crippen molar-refractivity contribution >= 4 is 5.91 Å². The van der Waals surface area contributed by atoms with Crippen molar-refractivity contribution in [3.8, 4) is 5.75 Å². The minimum atomic E-state index is -0.0734. The van der Waals surface area contributed by atoms with Crippen molar-refractivity contribution in [2.45, 2.75) is 57.2 Å². The second kappa shape index (κ2) is 7.97. The van der Waals surface area contributed by atoms with E-state index in [0.29, 0.717) is 6.61 Å². The van der Waals surface area contributed by atoms with Crippen molar-refractivity contribution in [2.24, 2.45) is 0 Å². The van der Waals surface area contributed by atoms with Gasteiger partial charge >= 0.3 is 0 Å². The van der Waals surface area contributed by atoms with E-state index in [1.165, 1.54) is 25.7 Å². The molecule has 2 fully saturated rings. The fourth-order valence-electron chi connectivity index (χ4n) is 4.71. The fraction of sp³-hybridized carbons (Fsp3) is 0.667. The van der Waals surface area contributed by atoms with Gasteiger partial charge in [-0.1, -0.05) is 31.0 Å². The van der Waals surface area contributed by atoms with Gasteiger partial charge in [-0.05, 0) is 25.8 Å². The first-order valence-corrected chi connectivity index (χ1v) is 10.2. The number of ether oxygens (including phenoxy) is 1. The molecule has 1 saturated heterocycles. The van der Waals surface area contributed by atoms with Gasteiger partial charge in [0.25, 0.3) is 0 Å². The smallest absolute Gasteiger partial charge is 0.237 e. The zero-order chi connectivity index (χ0) is 17.9. The Labute approximate surface area is 156 Å². The highest BCUT2D eigenvalue weighted by Crippen LogP contribution is 2.31. The molecule has 4 rings (SSSR count). The van der Waals surface area contributed by atoms with Crippen LogP contribution >= 0.6 is 0 Å². The summed E-state index contributed by atoms with van der Waals surface area (Å²) in [5.74, 6) is 1.04. The van der Waals surface area contributed by atoms with Crippen LogP contribution in [0.15, 0.2) is 24.3 Å². The number of piperazine rings is 1. The molecule has 142 valence electrons. The van der Waals surface area contributed by atoms with E-state index in [4.69, 9.17) is 4.74 Å². The first-order chi connectivity index (χ1) is 12.7. The van der Waals surface area contributed by atoms with Gasteiger partial charge in [0.15, 0.2) is 0 Å². The molecule has 5 heteroatoms. The van der Waals surface area contributed by atoms with E-state index in [0.717, 1.165) is 50.0 Å². The van der Waals surface area contributed by atoms with Gasteiger partial charge < -0.3 is 10.1 Å². The third-order valence-electron chi connectivity index (χ3n) is 6.39. The number of hydrogen-bond acceptors (Lipinski definition) is 4. The average molecular weight is 357 g/mol. The van der Waals surface area contributed by atoms with Crippen LogP contribution < -0.4 is 10.1 Å². The Bertz CT molecular complexity index is 621. The lowest BCUT2D eigenvalue weighted by molar-refractivity contribution is -0.127. The number of carbonyl (C=O) groups is 1. The van der Waals surface area contributed by atoms with E-state index in [2.05, 4.69) is 21.2 Å². The standard InChI is InChI=1S/C21H31N3O2/c1-16(23-11-13-24(14-12-23)17-6-2-3-7-17)21(25)22-19-10-15-26-20-9-5-4-8-18(19)20/h4-5,8-9,16-17,19H,2-3,6-7,10-15H2,1H3,(H,22,25). The van der Waals surface area contributed by atoms with Crippen molar-refractivity contribution in [1.82, 2.24) is 15.1 Å². The number of amides is 1. The van der Waals surface area contributed by atoms with Crippen molar-refractivity contribution < 1.29 is 9.53 Å². The van der Waals surface area contributed by atoms with Crippen molar-refractivity contribution in [1.29, 1.82) is 0 Å². The molecule has 1 aliphatic carbocycles. The summed E-state index contributed by atoms with van der Waals surface area (Å²) in [7, 11) is 0. The third kappa shape index (κ3) is 3.74. The molecule has 0 aromatic heterocycles. The van der Waals surface area contributed by atoms with Crippen LogP contribution in [0.3, 0.4) is 0 Å². The Morgan fingerprint density at radius 1 is 1.12 bits per heavy atom. The van der Waals surface area contributed by atoms with Crippen LogP contribution in [0.25, 0.3) is 0 Å². The molecule has 1 saturated carbocycles. The summed E-state index contributed by atoms with van der Waals surface area (Å²) < 4.78 is 5.71. The number of benzene rings is 1. The van der Waals surface area contributed by atoms with Gasteiger partial charge in [-0.3, -0.25) is 14.6 Å². The molecule has 1 aromatic carbocycles. The first kappa shape index (κ1) is 17.8. The Balaban J connectivity index is 1.31. The van der Waals surface area contributed by atoms with E-state index in [1.807, 2.05) is 25.1 Å². The highest BCUT2D eigenvalue weighted by atomic mass is 16.5. The number of fused-ring (bicyclic) bond motifs is 1. The number of para-hydroxylation sites is 1. The van der Waals surface area contributed by atoms with Crippen LogP contribution in [0.1, 0.15) is 50.6 Å². The lowest BCUT2D eigenvalue weighted by Crippen LogP contribution is -2.55.